The van der Waals surface area contributed by atoms with Crippen LogP contribution in [0.3, 0.4) is 0 Å². The van der Waals surface area contributed by atoms with E-state index < -0.39 is 0 Å². The Labute approximate surface area is 325 Å². The van der Waals surface area contributed by atoms with Gasteiger partial charge in [0.15, 0.2) is 0 Å². The first-order valence-electron chi connectivity index (χ1n) is 19.1. The van der Waals surface area contributed by atoms with Crippen molar-refractivity contribution in [3.63, 3.8) is 0 Å². The van der Waals surface area contributed by atoms with Gasteiger partial charge in [0.25, 0.3) is 0 Å². The molecule has 1 heterocycles. The molecule has 0 amide bonds. The van der Waals surface area contributed by atoms with Gasteiger partial charge in [-0.3, -0.25) is 0 Å². The van der Waals surface area contributed by atoms with Crippen molar-refractivity contribution >= 4 is 70.1 Å². The van der Waals surface area contributed by atoms with Crippen molar-refractivity contribution in [1.82, 2.24) is 0 Å². The predicted molar refractivity (Wildman–Crippen MR) is 237 cm³/mol. The highest BCUT2D eigenvalue weighted by atomic mass is 32.1. The largest absolute Gasteiger partial charge is 0.310 e. The SMILES string of the molecule is CC1(C)c2ccccc2-c2c(N(c3ccc(-c4ccc5c(ccc6sc7ccccc7c65)c4)cc3)c3cccc(-c4ccc5ccccc5c4)c3)cccc21. The van der Waals surface area contributed by atoms with Gasteiger partial charge in [0.2, 0.25) is 0 Å². The minimum absolute atomic E-state index is 0.0959. The molecule has 0 saturated carbocycles. The zero-order valence-corrected chi connectivity index (χ0v) is 31.6. The summed E-state index contributed by atoms with van der Waals surface area (Å²) in [6, 6.07) is 69.7. The monoisotopic (exact) mass is 719 g/mol. The van der Waals surface area contributed by atoms with E-state index in [9.17, 15) is 0 Å². The van der Waals surface area contributed by atoms with Gasteiger partial charge in [-0.15, -0.1) is 11.3 Å². The first-order chi connectivity index (χ1) is 27.0. The number of benzene rings is 9. The number of nitrogens with zero attached hydrogens (tertiary/aromatic N) is 1. The number of hydrogen-bond donors (Lipinski definition) is 0. The van der Waals surface area contributed by atoms with Gasteiger partial charge in [-0.05, 0) is 115 Å². The summed E-state index contributed by atoms with van der Waals surface area (Å²) in [6.45, 7) is 4.71. The molecule has 0 atom stereocenters. The standard InChI is InChI=1S/C53H37NS/c1-53(2)46-17-7-5-15-44(46)52-47(53)18-10-19-48(52)54(42-14-9-13-37(33-42)39-22-21-34-11-3-4-12-36(34)31-39)41-27-23-35(24-28-41)38-25-29-43-40(32-38)26-30-50-51(43)45-16-6-8-20-49(45)55-50/h3-33H,1-2H3. The Balaban J connectivity index is 1.05. The van der Waals surface area contributed by atoms with Gasteiger partial charge in [0.1, 0.15) is 0 Å². The fourth-order valence-electron chi connectivity index (χ4n) is 9.08. The quantitative estimate of drug-likeness (QED) is 0.171. The number of thiophene rings is 1. The highest BCUT2D eigenvalue weighted by Gasteiger charge is 2.37. The minimum Gasteiger partial charge on any atom is -0.310 e. The summed E-state index contributed by atoms with van der Waals surface area (Å²) >= 11 is 1.88. The Morgan fingerprint density at radius 2 is 1.09 bits per heavy atom. The van der Waals surface area contributed by atoms with Crippen LogP contribution in [0.4, 0.5) is 17.1 Å². The van der Waals surface area contributed by atoms with Gasteiger partial charge >= 0.3 is 0 Å². The van der Waals surface area contributed by atoms with Crippen molar-refractivity contribution in [2.24, 2.45) is 0 Å². The topological polar surface area (TPSA) is 3.24 Å². The molecule has 0 radical (unpaired) electrons. The zero-order chi connectivity index (χ0) is 36.7. The summed E-state index contributed by atoms with van der Waals surface area (Å²) in [4.78, 5) is 2.46. The summed E-state index contributed by atoms with van der Waals surface area (Å²) < 4.78 is 2.68. The van der Waals surface area contributed by atoms with Crippen LogP contribution in [0.5, 0.6) is 0 Å². The molecule has 0 bridgehead atoms. The smallest absolute Gasteiger partial charge is 0.0543 e. The van der Waals surface area contributed by atoms with Crippen molar-refractivity contribution in [1.29, 1.82) is 0 Å². The van der Waals surface area contributed by atoms with E-state index >= 15 is 0 Å². The molecule has 1 aliphatic rings. The fraction of sp³-hybridized carbons (Fsp3) is 0.0566. The van der Waals surface area contributed by atoms with Crippen LogP contribution in [-0.2, 0) is 5.41 Å². The lowest BCUT2D eigenvalue weighted by Crippen LogP contribution is -2.16. The van der Waals surface area contributed by atoms with E-state index in [1.54, 1.807) is 0 Å². The summed E-state index contributed by atoms with van der Waals surface area (Å²) in [7, 11) is 0. The molecule has 0 saturated heterocycles. The van der Waals surface area contributed by atoms with Crippen LogP contribution in [0.15, 0.2) is 188 Å². The molecule has 11 rings (SSSR count). The Hall–Kier alpha value is -6.48. The van der Waals surface area contributed by atoms with Crippen LogP contribution in [0, 0.1) is 0 Å². The molecule has 1 aromatic heterocycles. The first-order valence-corrected chi connectivity index (χ1v) is 19.9. The lowest BCUT2D eigenvalue weighted by Gasteiger charge is -2.29. The van der Waals surface area contributed by atoms with Crippen LogP contribution in [0.1, 0.15) is 25.0 Å². The third-order valence-corrected chi connectivity index (χ3v) is 13.0. The second kappa shape index (κ2) is 12.3. The molecule has 2 heteroatoms. The van der Waals surface area contributed by atoms with Crippen molar-refractivity contribution in [3.05, 3.63) is 199 Å². The van der Waals surface area contributed by atoms with Gasteiger partial charge in [-0.2, -0.15) is 0 Å². The van der Waals surface area contributed by atoms with Gasteiger partial charge < -0.3 is 4.90 Å². The average Bonchev–Trinajstić information content (AvgIpc) is 3.73. The van der Waals surface area contributed by atoms with Crippen LogP contribution >= 0.6 is 11.3 Å². The maximum atomic E-state index is 2.46. The second-order valence-corrected chi connectivity index (χ2v) is 16.4. The molecule has 260 valence electrons. The third kappa shape index (κ3) is 5.06. The lowest BCUT2D eigenvalue weighted by atomic mass is 9.82. The average molecular weight is 720 g/mol. The molecule has 0 N–H and O–H groups in total. The van der Waals surface area contributed by atoms with E-state index in [-0.39, 0.29) is 5.41 Å². The van der Waals surface area contributed by atoms with Crippen molar-refractivity contribution < 1.29 is 0 Å². The molecule has 0 aliphatic heterocycles. The molecular formula is C53H37NS. The fourth-order valence-corrected chi connectivity index (χ4v) is 10.2. The molecule has 1 aliphatic carbocycles. The third-order valence-electron chi connectivity index (χ3n) is 11.8. The molecule has 0 fully saturated rings. The van der Waals surface area contributed by atoms with E-state index in [2.05, 4.69) is 207 Å². The van der Waals surface area contributed by atoms with Crippen LogP contribution in [0.25, 0.3) is 75.1 Å². The van der Waals surface area contributed by atoms with E-state index in [4.69, 9.17) is 0 Å². The summed E-state index contributed by atoms with van der Waals surface area (Å²) in [5.41, 5.74) is 13.6. The van der Waals surface area contributed by atoms with Gasteiger partial charge in [-0.25, -0.2) is 0 Å². The van der Waals surface area contributed by atoms with E-state index in [1.165, 1.54) is 91.9 Å². The van der Waals surface area contributed by atoms with Crippen molar-refractivity contribution in [2.75, 3.05) is 4.90 Å². The first kappa shape index (κ1) is 32.0. The summed E-state index contributed by atoms with van der Waals surface area (Å²) in [6.07, 6.45) is 0. The predicted octanol–water partition coefficient (Wildman–Crippen LogP) is 15.5. The molecule has 10 aromatic rings. The van der Waals surface area contributed by atoms with Gasteiger partial charge in [-0.1, -0.05) is 147 Å². The lowest BCUT2D eigenvalue weighted by molar-refractivity contribution is 0.660. The molecule has 0 unspecified atom stereocenters. The molecule has 0 spiro atoms. The molecule has 1 nitrogen and oxygen atoms in total. The number of hydrogen-bond acceptors (Lipinski definition) is 2. The number of anilines is 3. The van der Waals surface area contributed by atoms with Gasteiger partial charge in [0, 0.05) is 42.5 Å². The van der Waals surface area contributed by atoms with Crippen LogP contribution in [0.2, 0.25) is 0 Å². The van der Waals surface area contributed by atoms with Crippen molar-refractivity contribution in [3.8, 4) is 33.4 Å². The Morgan fingerprint density at radius 1 is 0.418 bits per heavy atom. The minimum atomic E-state index is -0.0959. The van der Waals surface area contributed by atoms with Crippen LogP contribution < -0.4 is 4.90 Å². The van der Waals surface area contributed by atoms with E-state index in [0.29, 0.717) is 0 Å². The molecular weight excluding hydrogens is 683 g/mol. The van der Waals surface area contributed by atoms with E-state index in [0.717, 1.165) is 11.4 Å². The Kier molecular flexibility index (Phi) is 7.14. The molecule has 55 heavy (non-hydrogen) atoms. The number of rotatable bonds is 5. The molecule has 9 aromatic carbocycles. The van der Waals surface area contributed by atoms with Crippen LogP contribution in [-0.4, -0.2) is 0 Å². The highest BCUT2D eigenvalue weighted by molar-refractivity contribution is 7.26. The maximum Gasteiger partial charge on any atom is 0.0543 e. The summed E-state index contributed by atoms with van der Waals surface area (Å²) in [5, 5.41) is 7.79. The Bertz CT molecular complexity index is 3130. The maximum absolute atomic E-state index is 2.46. The van der Waals surface area contributed by atoms with E-state index in [1.807, 2.05) is 11.3 Å². The van der Waals surface area contributed by atoms with Gasteiger partial charge in [0.05, 0.1) is 5.69 Å². The number of fused-ring (bicyclic) bond motifs is 9. The zero-order valence-electron chi connectivity index (χ0n) is 30.8. The Morgan fingerprint density at radius 3 is 2.00 bits per heavy atom. The summed E-state index contributed by atoms with van der Waals surface area (Å²) in [5.74, 6) is 0. The highest BCUT2D eigenvalue weighted by Crippen LogP contribution is 2.54. The van der Waals surface area contributed by atoms with Crippen molar-refractivity contribution in [2.45, 2.75) is 19.3 Å². The normalized spacial score (nSPS) is 13.1. The second-order valence-electron chi connectivity index (χ2n) is 15.3.